The quantitative estimate of drug-likeness (QED) is 0.682. The van der Waals surface area contributed by atoms with E-state index in [9.17, 15) is 4.79 Å². The van der Waals surface area contributed by atoms with E-state index in [4.69, 9.17) is 9.47 Å². The van der Waals surface area contributed by atoms with Crippen molar-refractivity contribution in [2.45, 2.75) is 33.2 Å². The van der Waals surface area contributed by atoms with Gasteiger partial charge in [-0.05, 0) is 54.7 Å². The molecule has 0 unspecified atom stereocenters. The molecule has 0 aromatic heterocycles. The Balaban J connectivity index is 2.01. The molecule has 1 atom stereocenters. The van der Waals surface area contributed by atoms with Crippen molar-refractivity contribution in [3.63, 3.8) is 0 Å². The molecule has 0 bridgehead atoms. The minimum Gasteiger partial charge on any atom is -0.497 e. The van der Waals surface area contributed by atoms with Gasteiger partial charge in [-0.3, -0.25) is 4.79 Å². The molecule has 2 aromatic carbocycles. The van der Waals surface area contributed by atoms with Crippen LogP contribution in [0.5, 0.6) is 11.5 Å². The second-order valence-corrected chi connectivity index (χ2v) is 7.01. The Bertz CT molecular complexity index is 779. The Labute approximate surface area is 162 Å². The molecule has 27 heavy (non-hydrogen) atoms. The molecule has 4 nitrogen and oxygen atoms in total. The van der Waals surface area contributed by atoms with Crippen LogP contribution in [0.25, 0.3) is 6.08 Å². The van der Waals surface area contributed by atoms with Crippen LogP contribution in [-0.4, -0.2) is 20.1 Å². The summed E-state index contributed by atoms with van der Waals surface area (Å²) in [5.74, 6) is 1.88. The first-order chi connectivity index (χ1) is 12.9. The van der Waals surface area contributed by atoms with Gasteiger partial charge in [-0.25, -0.2) is 0 Å². The Kier molecular flexibility index (Phi) is 7.47. The van der Waals surface area contributed by atoms with Gasteiger partial charge in [0.15, 0.2) is 0 Å². The van der Waals surface area contributed by atoms with Crippen LogP contribution in [0.15, 0.2) is 48.5 Å². The Hall–Kier alpha value is -2.75. The summed E-state index contributed by atoms with van der Waals surface area (Å²) in [7, 11) is 3.21. The maximum absolute atomic E-state index is 12.3. The van der Waals surface area contributed by atoms with Gasteiger partial charge in [0.25, 0.3) is 0 Å². The fourth-order valence-electron chi connectivity index (χ4n) is 2.89. The highest BCUT2D eigenvalue weighted by molar-refractivity contribution is 5.92. The second kappa shape index (κ2) is 9.81. The van der Waals surface area contributed by atoms with E-state index in [0.29, 0.717) is 17.4 Å². The average Bonchev–Trinajstić information content (AvgIpc) is 2.66. The highest BCUT2D eigenvalue weighted by Gasteiger charge is 2.09. The van der Waals surface area contributed by atoms with E-state index in [1.165, 1.54) is 11.6 Å². The number of ether oxygens (including phenoxy) is 2. The first-order valence-electron chi connectivity index (χ1n) is 9.22. The van der Waals surface area contributed by atoms with Crippen LogP contribution < -0.4 is 14.8 Å². The molecule has 0 aliphatic rings. The van der Waals surface area contributed by atoms with E-state index in [0.717, 1.165) is 17.5 Å². The van der Waals surface area contributed by atoms with Crippen LogP contribution >= 0.6 is 0 Å². The lowest BCUT2D eigenvalue weighted by atomic mass is 10.00. The minimum atomic E-state index is -0.154. The van der Waals surface area contributed by atoms with Gasteiger partial charge in [0.2, 0.25) is 5.91 Å². The van der Waals surface area contributed by atoms with Crippen LogP contribution in [0.2, 0.25) is 0 Å². The maximum Gasteiger partial charge on any atom is 0.244 e. The molecular formula is C23H29NO3. The van der Waals surface area contributed by atoms with Crippen molar-refractivity contribution < 1.29 is 14.3 Å². The van der Waals surface area contributed by atoms with Gasteiger partial charge in [0.05, 0.1) is 20.3 Å². The van der Waals surface area contributed by atoms with E-state index < -0.39 is 0 Å². The highest BCUT2D eigenvalue weighted by atomic mass is 16.5. The van der Waals surface area contributed by atoms with Gasteiger partial charge >= 0.3 is 0 Å². The van der Waals surface area contributed by atoms with Crippen molar-refractivity contribution in [3.05, 3.63) is 65.2 Å². The summed E-state index contributed by atoms with van der Waals surface area (Å²) in [5.41, 5.74) is 3.19. The summed E-state index contributed by atoms with van der Waals surface area (Å²) in [6, 6.07) is 13.8. The number of benzene rings is 2. The molecule has 0 saturated heterocycles. The Morgan fingerprint density at radius 2 is 1.74 bits per heavy atom. The monoisotopic (exact) mass is 367 g/mol. The topological polar surface area (TPSA) is 47.6 Å². The van der Waals surface area contributed by atoms with E-state index in [1.807, 2.05) is 25.1 Å². The zero-order valence-corrected chi connectivity index (χ0v) is 16.8. The number of hydrogen-bond donors (Lipinski definition) is 1. The summed E-state index contributed by atoms with van der Waals surface area (Å²) in [5, 5.41) is 2.99. The number of nitrogens with one attached hydrogen (secondary N) is 1. The lowest BCUT2D eigenvalue weighted by molar-refractivity contribution is -0.117. The first kappa shape index (κ1) is 20.6. The summed E-state index contributed by atoms with van der Waals surface area (Å²) in [4.78, 5) is 12.3. The van der Waals surface area contributed by atoms with Gasteiger partial charge < -0.3 is 14.8 Å². The molecule has 1 N–H and O–H groups in total. The zero-order chi connectivity index (χ0) is 19.8. The third-order valence-corrected chi connectivity index (χ3v) is 4.33. The smallest absolute Gasteiger partial charge is 0.244 e. The van der Waals surface area contributed by atoms with Gasteiger partial charge in [0.1, 0.15) is 11.5 Å². The molecule has 0 spiro atoms. The molecule has 1 amide bonds. The third-order valence-electron chi connectivity index (χ3n) is 4.33. The SMILES string of the molecule is COc1ccc(OC)c(/C=C/C(=O)N[C@@H](C)c2ccc(CC(C)C)cc2)c1. The fourth-order valence-corrected chi connectivity index (χ4v) is 2.89. The third kappa shape index (κ3) is 6.17. The number of hydrogen-bond acceptors (Lipinski definition) is 3. The van der Waals surface area contributed by atoms with Gasteiger partial charge in [-0.15, -0.1) is 0 Å². The maximum atomic E-state index is 12.3. The van der Waals surface area contributed by atoms with E-state index in [1.54, 1.807) is 20.3 Å². The summed E-state index contributed by atoms with van der Waals surface area (Å²) >= 11 is 0. The van der Waals surface area contributed by atoms with E-state index in [2.05, 4.69) is 43.4 Å². The molecule has 0 saturated carbocycles. The standard InChI is InChI=1S/C23H29NO3/c1-16(2)14-18-6-8-19(9-7-18)17(3)24-23(25)13-10-20-15-21(26-4)11-12-22(20)27-5/h6-13,15-17H,14H2,1-5H3,(H,24,25)/b13-10+/t17-/m0/s1. The number of carbonyl (C=O) groups excluding carboxylic acids is 1. The van der Waals surface area contributed by atoms with Crippen molar-refractivity contribution in [3.8, 4) is 11.5 Å². The first-order valence-corrected chi connectivity index (χ1v) is 9.22. The Morgan fingerprint density at radius 3 is 2.33 bits per heavy atom. The molecule has 0 fully saturated rings. The second-order valence-electron chi connectivity index (χ2n) is 7.01. The van der Waals surface area contributed by atoms with Crippen molar-refractivity contribution in [2.24, 2.45) is 5.92 Å². The zero-order valence-electron chi connectivity index (χ0n) is 16.8. The van der Waals surface area contributed by atoms with Gasteiger partial charge in [-0.2, -0.15) is 0 Å². The molecule has 0 aliphatic heterocycles. The fraction of sp³-hybridized carbons (Fsp3) is 0.348. The van der Waals surface area contributed by atoms with Crippen LogP contribution in [-0.2, 0) is 11.2 Å². The lowest BCUT2D eigenvalue weighted by Gasteiger charge is -2.14. The number of carbonyl (C=O) groups is 1. The van der Waals surface area contributed by atoms with Crippen molar-refractivity contribution in [1.82, 2.24) is 5.32 Å². The summed E-state index contributed by atoms with van der Waals surface area (Å²) in [6.07, 6.45) is 4.31. The molecule has 2 rings (SSSR count). The summed E-state index contributed by atoms with van der Waals surface area (Å²) < 4.78 is 10.6. The van der Waals surface area contributed by atoms with Crippen LogP contribution in [0.3, 0.4) is 0 Å². The normalized spacial score (nSPS) is 12.2. The van der Waals surface area contributed by atoms with Crippen LogP contribution in [0, 0.1) is 5.92 Å². The molecular weight excluding hydrogens is 338 g/mol. The van der Waals surface area contributed by atoms with Crippen molar-refractivity contribution >= 4 is 12.0 Å². The van der Waals surface area contributed by atoms with Crippen molar-refractivity contribution in [1.29, 1.82) is 0 Å². The van der Waals surface area contributed by atoms with Crippen LogP contribution in [0.4, 0.5) is 0 Å². The predicted octanol–water partition coefficient (Wildman–Crippen LogP) is 4.79. The number of rotatable bonds is 8. The van der Waals surface area contributed by atoms with E-state index >= 15 is 0 Å². The molecule has 4 heteroatoms. The number of amides is 1. The lowest BCUT2D eigenvalue weighted by Crippen LogP contribution is -2.24. The Morgan fingerprint density at radius 1 is 1.04 bits per heavy atom. The minimum absolute atomic E-state index is 0.0672. The molecule has 0 aliphatic carbocycles. The highest BCUT2D eigenvalue weighted by Crippen LogP contribution is 2.25. The largest absolute Gasteiger partial charge is 0.497 e. The average molecular weight is 367 g/mol. The molecule has 144 valence electrons. The predicted molar refractivity (Wildman–Crippen MR) is 110 cm³/mol. The van der Waals surface area contributed by atoms with Gasteiger partial charge in [0, 0.05) is 11.6 Å². The molecule has 2 aromatic rings. The van der Waals surface area contributed by atoms with Gasteiger partial charge in [-0.1, -0.05) is 38.1 Å². The number of methoxy groups -OCH3 is 2. The van der Waals surface area contributed by atoms with E-state index in [-0.39, 0.29) is 11.9 Å². The van der Waals surface area contributed by atoms with Crippen molar-refractivity contribution in [2.75, 3.05) is 14.2 Å². The summed E-state index contributed by atoms with van der Waals surface area (Å²) in [6.45, 7) is 6.40. The molecule has 0 radical (unpaired) electrons. The van der Waals surface area contributed by atoms with Crippen LogP contribution in [0.1, 0.15) is 43.5 Å². The molecule has 0 heterocycles.